The lowest BCUT2D eigenvalue weighted by Crippen LogP contribution is -2.58. The van der Waals surface area contributed by atoms with Crippen LogP contribution in [0.2, 0.25) is 5.02 Å². The van der Waals surface area contributed by atoms with E-state index in [0.717, 1.165) is 6.07 Å². The van der Waals surface area contributed by atoms with Gasteiger partial charge in [-0.15, -0.1) is 0 Å². The van der Waals surface area contributed by atoms with Gasteiger partial charge in [-0.3, -0.25) is 0 Å². The Labute approximate surface area is 186 Å². The molecular weight excluding hydrogens is 489 g/mol. The van der Waals surface area contributed by atoms with Gasteiger partial charge in [0.1, 0.15) is 6.61 Å². The summed E-state index contributed by atoms with van der Waals surface area (Å²) in [4.78, 5) is 0. The van der Waals surface area contributed by atoms with Crippen molar-refractivity contribution >= 4 is 17.8 Å². The van der Waals surface area contributed by atoms with Gasteiger partial charge in [-0.2, -0.15) is 35.8 Å². The van der Waals surface area contributed by atoms with Crippen molar-refractivity contribution in [2.75, 3.05) is 13.9 Å². The SMILES string of the molecule is COc1cc(/C=N/NC(F)(F)C(F)(F)C(F)(F)F)cc(Cl)c1OCc1ccc2c(c1)OCO2. The predicted octanol–water partition coefficient (Wildman–Crippen LogP) is 5.37. The first-order valence-corrected chi connectivity index (χ1v) is 9.25. The van der Waals surface area contributed by atoms with Crippen molar-refractivity contribution in [3.05, 3.63) is 46.5 Å². The topological polar surface area (TPSA) is 61.3 Å². The number of nitrogens with one attached hydrogen (secondary N) is 1. The van der Waals surface area contributed by atoms with Gasteiger partial charge in [0.05, 0.1) is 18.3 Å². The summed E-state index contributed by atoms with van der Waals surface area (Å²) in [5, 5.41) is 2.71. The van der Waals surface area contributed by atoms with E-state index in [-0.39, 0.29) is 35.5 Å². The van der Waals surface area contributed by atoms with Gasteiger partial charge >= 0.3 is 18.1 Å². The Kier molecular flexibility index (Phi) is 6.73. The minimum Gasteiger partial charge on any atom is -0.493 e. The van der Waals surface area contributed by atoms with E-state index in [4.69, 9.17) is 30.5 Å². The number of fused-ring (bicyclic) bond motifs is 1. The number of alkyl halides is 7. The Hall–Kier alpha value is -3.09. The largest absolute Gasteiger partial charge is 0.493 e. The van der Waals surface area contributed by atoms with Crippen LogP contribution in [-0.4, -0.2) is 38.3 Å². The first-order valence-electron chi connectivity index (χ1n) is 8.87. The van der Waals surface area contributed by atoms with Crippen LogP contribution in [0.4, 0.5) is 30.7 Å². The number of methoxy groups -OCH3 is 1. The first kappa shape index (κ1) is 24.6. The zero-order valence-corrected chi connectivity index (χ0v) is 17.2. The molecule has 0 bridgehead atoms. The standard InChI is InChI=1S/C19H14ClF7N2O4/c1-30-15-6-11(7-28-29-19(26,27)17(21,22)18(23,24)25)4-12(20)16(15)31-8-10-2-3-13-14(5-10)33-9-32-13/h2-7,29H,8-9H2,1H3/b28-7+. The molecule has 180 valence electrons. The van der Waals surface area contributed by atoms with Gasteiger partial charge in [0, 0.05) is 0 Å². The summed E-state index contributed by atoms with van der Waals surface area (Å²) in [6.45, 7) is 0.122. The predicted molar refractivity (Wildman–Crippen MR) is 102 cm³/mol. The van der Waals surface area contributed by atoms with Crippen LogP contribution in [0.1, 0.15) is 11.1 Å². The number of hydrazone groups is 1. The second-order valence-corrected chi connectivity index (χ2v) is 6.93. The normalized spacial score (nSPS) is 14.0. The molecule has 1 aliphatic heterocycles. The average molecular weight is 503 g/mol. The van der Waals surface area contributed by atoms with Gasteiger partial charge < -0.3 is 18.9 Å². The Bertz CT molecular complexity index is 1050. The maximum absolute atomic E-state index is 13.3. The molecule has 1 heterocycles. The van der Waals surface area contributed by atoms with E-state index >= 15 is 0 Å². The molecule has 0 spiro atoms. The van der Waals surface area contributed by atoms with Crippen molar-refractivity contribution in [3.8, 4) is 23.0 Å². The van der Waals surface area contributed by atoms with E-state index < -0.39 is 18.1 Å². The lowest BCUT2D eigenvalue weighted by Gasteiger charge is -2.27. The van der Waals surface area contributed by atoms with E-state index in [9.17, 15) is 30.7 Å². The molecule has 1 N–H and O–H groups in total. The fraction of sp³-hybridized carbons (Fsp3) is 0.316. The zero-order valence-electron chi connectivity index (χ0n) is 16.5. The number of rotatable bonds is 8. The zero-order chi connectivity index (χ0) is 24.4. The maximum Gasteiger partial charge on any atom is 0.462 e. The molecular formula is C19H14ClF7N2O4. The van der Waals surface area contributed by atoms with E-state index in [2.05, 4.69) is 5.10 Å². The highest BCUT2D eigenvalue weighted by Crippen LogP contribution is 2.45. The van der Waals surface area contributed by atoms with Crippen LogP contribution in [0.3, 0.4) is 0 Å². The van der Waals surface area contributed by atoms with Gasteiger partial charge in [0.25, 0.3) is 0 Å². The molecule has 0 unspecified atom stereocenters. The molecule has 2 aromatic rings. The van der Waals surface area contributed by atoms with Crippen LogP contribution in [0.5, 0.6) is 23.0 Å². The van der Waals surface area contributed by atoms with Crippen LogP contribution >= 0.6 is 11.6 Å². The van der Waals surface area contributed by atoms with Crippen molar-refractivity contribution in [1.29, 1.82) is 0 Å². The van der Waals surface area contributed by atoms with E-state index in [1.54, 1.807) is 18.2 Å². The molecule has 0 saturated carbocycles. The van der Waals surface area contributed by atoms with Crippen molar-refractivity contribution in [2.24, 2.45) is 5.10 Å². The number of benzene rings is 2. The molecule has 0 fully saturated rings. The van der Waals surface area contributed by atoms with Gasteiger partial charge in [-0.1, -0.05) is 17.7 Å². The van der Waals surface area contributed by atoms with Crippen LogP contribution in [0.25, 0.3) is 0 Å². The molecule has 0 aromatic heterocycles. The van der Waals surface area contributed by atoms with Gasteiger partial charge in [0.2, 0.25) is 6.79 Å². The molecule has 0 radical (unpaired) electrons. The lowest BCUT2D eigenvalue weighted by molar-refractivity contribution is -0.361. The number of nitrogens with zero attached hydrogens (tertiary/aromatic N) is 1. The molecule has 2 aromatic carbocycles. The van der Waals surface area contributed by atoms with Gasteiger partial charge in [-0.25, -0.2) is 5.43 Å². The highest BCUT2D eigenvalue weighted by molar-refractivity contribution is 6.32. The Balaban J connectivity index is 1.72. The number of hydrogen-bond acceptors (Lipinski definition) is 6. The summed E-state index contributed by atoms with van der Waals surface area (Å²) in [7, 11) is 1.25. The second kappa shape index (κ2) is 9.04. The fourth-order valence-corrected chi connectivity index (χ4v) is 2.85. The monoisotopic (exact) mass is 502 g/mol. The highest BCUT2D eigenvalue weighted by Gasteiger charge is 2.73. The van der Waals surface area contributed by atoms with Crippen LogP contribution in [0.15, 0.2) is 35.4 Å². The Morgan fingerprint density at radius 3 is 2.42 bits per heavy atom. The summed E-state index contributed by atoms with van der Waals surface area (Å²) in [5.74, 6) is -5.15. The van der Waals surface area contributed by atoms with E-state index in [1.807, 2.05) is 0 Å². The number of hydrogen-bond donors (Lipinski definition) is 1. The van der Waals surface area contributed by atoms with Crippen molar-refractivity contribution in [3.63, 3.8) is 0 Å². The number of halogens is 8. The summed E-state index contributed by atoms with van der Waals surface area (Å²) >= 11 is 6.13. The Morgan fingerprint density at radius 2 is 1.76 bits per heavy atom. The first-order chi connectivity index (χ1) is 15.4. The van der Waals surface area contributed by atoms with Crippen LogP contribution in [0, 0.1) is 0 Å². The van der Waals surface area contributed by atoms with Gasteiger partial charge in [-0.05, 0) is 35.4 Å². The second-order valence-electron chi connectivity index (χ2n) is 6.53. The molecule has 3 rings (SSSR count). The Morgan fingerprint density at radius 1 is 1.06 bits per heavy atom. The van der Waals surface area contributed by atoms with Crippen molar-refractivity contribution in [2.45, 2.75) is 24.8 Å². The number of ether oxygens (including phenoxy) is 4. The summed E-state index contributed by atoms with van der Waals surface area (Å²) < 4.78 is 110. The molecule has 0 saturated heterocycles. The molecule has 0 atom stereocenters. The lowest BCUT2D eigenvalue weighted by atomic mass is 10.2. The minimum atomic E-state index is -6.48. The molecule has 0 amide bonds. The molecule has 33 heavy (non-hydrogen) atoms. The minimum absolute atomic E-state index is 0.0251. The van der Waals surface area contributed by atoms with Crippen LogP contribution in [-0.2, 0) is 6.61 Å². The fourth-order valence-electron chi connectivity index (χ4n) is 2.58. The highest BCUT2D eigenvalue weighted by atomic mass is 35.5. The summed E-state index contributed by atoms with van der Waals surface area (Å²) in [6.07, 6.45) is -5.92. The summed E-state index contributed by atoms with van der Waals surface area (Å²) in [6, 6.07) is 1.76. The summed E-state index contributed by atoms with van der Waals surface area (Å²) in [5.41, 5.74) is 1.17. The molecule has 1 aliphatic rings. The van der Waals surface area contributed by atoms with E-state index in [1.165, 1.54) is 13.2 Å². The third-order valence-corrected chi connectivity index (χ3v) is 4.52. The average Bonchev–Trinajstić information content (AvgIpc) is 3.19. The third-order valence-electron chi connectivity index (χ3n) is 4.24. The molecule has 6 nitrogen and oxygen atoms in total. The molecule has 14 heteroatoms. The quantitative estimate of drug-likeness (QED) is 0.228. The smallest absolute Gasteiger partial charge is 0.462 e. The van der Waals surface area contributed by atoms with E-state index in [0.29, 0.717) is 28.7 Å². The van der Waals surface area contributed by atoms with Gasteiger partial charge in [0.15, 0.2) is 23.0 Å². The third kappa shape index (κ3) is 5.13. The molecule has 0 aliphatic carbocycles. The van der Waals surface area contributed by atoms with Crippen molar-refractivity contribution in [1.82, 2.24) is 5.43 Å². The van der Waals surface area contributed by atoms with Crippen LogP contribution < -0.4 is 24.4 Å². The van der Waals surface area contributed by atoms with Crippen molar-refractivity contribution < 1.29 is 49.7 Å². The maximum atomic E-state index is 13.3.